The molecule has 1 atom stereocenters. The molecule has 0 aromatic rings. The van der Waals surface area contributed by atoms with E-state index in [0.717, 1.165) is 6.29 Å². The Kier molecular flexibility index (Phi) is 4.31. The predicted molar refractivity (Wildman–Crippen MR) is 39.1 cm³/mol. The van der Waals surface area contributed by atoms with E-state index >= 15 is 0 Å². The maximum absolute atomic E-state index is 12.6. The van der Waals surface area contributed by atoms with Crippen molar-refractivity contribution in [3.63, 3.8) is 0 Å². The monoisotopic (exact) mass is 254 g/mol. The van der Waals surface area contributed by atoms with Gasteiger partial charge in [-0.2, -0.15) is 26.3 Å². The van der Waals surface area contributed by atoms with E-state index in [1.807, 2.05) is 0 Å². The van der Waals surface area contributed by atoms with Gasteiger partial charge in [0, 0.05) is 0 Å². The summed E-state index contributed by atoms with van der Waals surface area (Å²) >= 11 is 0. The van der Waals surface area contributed by atoms with Crippen LogP contribution >= 0.6 is 0 Å². The van der Waals surface area contributed by atoms with Gasteiger partial charge in [-0.25, -0.2) is 9.71 Å². The van der Waals surface area contributed by atoms with E-state index in [1.54, 1.807) is 0 Å². The molecule has 0 fully saturated rings. The third kappa shape index (κ3) is 2.63. The van der Waals surface area contributed by atoms with Crippen LogP contribution in [0.5, 0.6) is 0 Å². The van der Waals surface area contributed by atoms with Crippen molar-refractivity contribution in [3.05, 3.63) is 0 Å². The van der Waals surface area contributed by atoms with Crippen molar-refractivity contribution in [3.8, 4) is 0 Å². The molecule has 0 heterocycles. The molecule has 0 aromatic carbocycles. The minimum atomic E-state index is -5.96. The number of halogens is 7. The molecule has 0 aromatic heterocycles. The zero-order chi connectivity index (χ0) is 13.2. The van der Waals surface area contributed by atoms with Crippen LogP contribution in [0, 0.1) is 0 Å². The molecule has 1 radical (unpaired) electrons. The second-order valence-electron chi connectivity index (χ2n) is 2.97. The highest BCUT2D eigenvalue weighted by Crippen LogP contribution is 2.44. The van der Waals surface area contributed by atoms with Gasteiger partial charge in [0.15, 0.2) is 6.67 Å². The van der Waals surface area contributed by atoms with Crippen molar-refractivity contribution in [2.45, 2.75) is 30.9 Å². The van der Waals surface area contributed by atoms with Gasteiger partial charge in [0.2, 0.25) is 6.29 Å². The third-order valence-corrected chi connectivity index (χ3v) is 1.60. The first-order valence-electron chi connectivity index (χ1n) is 3.86. The summed E-state index contributed by atoms with van der Waals surface area (Å²) in [6.07, 6.45) is 0.849. The molecular weight excluding hydrogens is 247 g/mol. The summed E-state index contributed by atoms with van der Waals surface area (Å²) in [5.74, 6) is -11.5. The molecule has 0 bridgehead atoms. The van der Waals surface area contributed by atoms with Gasteiger partial charge in [0.05, 0.1) is 6.04 Å². The van der Waals surface area contributed by atoms with E-state index in [2.05, 4.69) is 0 Å². The summed E-state index contributed by atoms with van der Waals surface area (Å²) < 4.78 is 86.4. The molecule has 0 spiro atoms. The van der Waals surface area contributed by atoms with Crippen molar-refractivity contribution >= 4 is 6.29 Å². The highest BCUT2D eigenvalue weighted by molar-refractivity contribution is 5.57. The first-order valence-corrected chi connectivity index (χ1v) is 3.86. The Morgan fingerprint density at radius 3 is 1.94 bits per heavy atom. The van der Waals surface area contributed by atoms with E-state index in [1.165, 1.54) is 0 Å². The molecule has 0 aliphatic heterocycles. The molecule has 0 aliphatic rings. The van der Waals surface area contributed by atoms with Crippen LogP contribution in [-0.2, 0) is 4.79 Å². The Labute approximate surface area is 85.8 Å². The first kappa shape index (κ1) is 15.1. The van der Waals surface area contributed by atoms with E-state index in [4.69, 9.17) is 0 Å². The van der Waals surface area contributed by atoms with Gasteiger partial charge in [-0.1, -0.05) is 0 Å². The Morgan fingerprint density at radius 2 is 1.62 bits per heavy atom. The van der Waals surface area contributed by atoms with Crippen molar-refractivity contribution in [2.24, 2.45) is 0 Å². The maximum atomic E-state index is 12.6. The largest absolute Gasteiger partial charge is 0.388 e. The van der Waals surface area contributed by atoms with E-state index in [-0.39, 0.29) is 0 Å². The van der Waals surface area contributed by atoms with Gasteiger partial charge < -0.3 is 0 Å². The highest BCUT2D eigenvalue weighted by atomic mass is 19.3. The van der Waals surface area contributed by atoms with Gasteiger partial charge in [0.25, 0.3) is 0 Å². The lowest BCUT2D eigenvalue weighted by atomic mass is 10.1. The molecule has 0 saturated heterocycles. The minimum absolute atomic E-state index is 0.633. The maximum Gasteiger partial charge on any atom is 0.388 e. The summed E-state index contributed by atoms with van der Waals surface area (Å²) in [6.45, 7) is -2.25. The van der Waals surface area contributed by atoms with Crippen molar-refractivity contribution < 1.29 is 35.5 Å². The quantitative estimate of drug-likeness (QED) is 0.579. The average molecular weight is 254 g/mol. The molecule has 0 amide bonds. The van der Waals surface area contributed by atoms with Crippen LogP contribution in [0.3, 0.4) is 0 Å². The lowest BCUT2D eigenvalue weighted by molar-refractivity contribution is -0.322. The summed E-state index contributed by atoms with van der Waals surface area (Å²) in [6, 6.07) is -7.34. The van der Waals surface area contributed by atoms with Gasteiger partial charge in [-0.05, 0) is 6.92 Å². The van der Waals surface area contributed by atoms with Gasteiger partial charge >= 0.3 is 17.9 Å². The molecule has 1 N–H and O–H groups in total. The highest BCUT2D eigenvalue weighted by Gasteiger charge is 2.72. The minimum Gasteiger partial charge on any atom is -0.289 e. The second kappa shape index (κ2) is 4.56. The van der Waals surface area contributed by atoms with E-state index < -0.39 is 30.6 Å². The fourth-order valence-electron chi connectivity index (χ4n) is 0.706. The normalized spacial score (nSPS) is 16.0. The summed E-state index contributed by atoms with van der Waals surface area (Å²) in [5.41, 5.74) is 0. The predicted octanol–water partition coefficient (Wildman–Crippen LogP) is 1.91. The lowest BCUT2D eigenvalue weighted by Gasteiger charge is -2.32. The zero-order valence-electron chi connectivity index (χ0n) is 7.84. The molecule has 16 heavy (non-hydrogen) atoms. The molecule has 95 valence electrons. The van der Waals surface area contributed by atoms with Crippen LogP contribution in [-0.4, -0.2) is 36.9 Å². The SMILES string of the molecule is CC([C]=O)NC(F)(F)C(F)(F)C(F)(F)CF. The Bertz CT molecular complexity index is 255. The molecule has 9 heteroatoms. The second-order valence-corrected chi connectivity index (χ2v) is 2.97. The summed E-state index contributed by atoms with van der Waals surface area (Å²) in [4.78, 5) is 9.80. The van der Waals surface area contributed by atoms with Crippen LogP contribution < -0.4 is 5.32 Å². The number of hydrogen-bond donors (Lipinski definition) is 1. The van der Waals surface area contributed by atoms with Crippen LogP contribution in [0.4, 0.5) is 30.7 Å². The Hall–Kier alpha value is -0.860. The molecule has 0 saturated carbocycles. The zero-order valence-corrected chi connectivity index (χ0v) is 7.84. The third-order valence-electron chi connectivity index (χ3n) is 1.60. The topological polar surface area (TPSA) is 29.1 Å². The smallest absolute Gasteiger partial charge is 0.289 e. The Morgan fingerprint density at radius 1 is 1.19 bits per heavy atom. The molecule has 2 nitrogen and oxygen atoms in total. The van der Waals surface area contributed by atoms with Gasteiger partial charge in [-0.15, -0.1) is 0 Å². The van der Waals surface area contributed by atoms with E-state index in [9.17, 15) is 35.5 Å². The van der Waals surface area contributed by atoms with Crippen LogP contribution in [0.15, 0.2) is 0 Å². The molecular formula is C7H7F7NO. The van der Waals surface area contributed by atoms with Gasteiger partial charge in [0.1, 0.15) is 0 Å². The van der Waals surface area contributed by atoms with Crippen molar-refractivity contribution in [2.75, 3.05) is 6.67 Å². The number of alkyl halides is 7. The molecule has 1 unspecified atom stereocenters. The van der Waals surface area contributed by atoms with Gasteiger partial charge in [-0.3, -0.25) is 4.79 Å². The number of rotatable bonds is 6. The number of hydrogen-bond acceptors (Lipinski definition) is 2. The number of carbonyl (C=O) groups excluding carboxylic acids is 1. The standard InChI is InChI=1S/C7H7F7NO/c1-4(2-16)15-7(13,14)6(11,12)5(9,10)3-8/h4,15H,3H2,1H3. The van der Waals surface area contributed by atoms with Crippen molar-refractivity contribution in [1.82, 2.24) is 5.32 Å². The molecule has 0 aliphatic carbocycles. The summed E-state index contributed by atoms with van der Waals surface area (Å²) in [7, 11) is 0. The fraction of sp³-hybridized carbons (Fsp3) is 0.857. The fourth-order valence-corrected chi connectivity index (χ4v) is 0.706. The summed E-state index contributed by atoms with van der Waals surface area (Å²) in [5, 5.41) is 0.633. The van der Waals surface area contributed by atoms with Crippen molar-refractivity contribution in [1.29, 1.82) is 0 Å². The van der Waals surface area contributed by atoms with E-state index in [0.29, 0.717) is 12.2 Å². The molecule has 0 rings (SSSR count). The average Bonchev–Trinajstić information content (AvgIpc) is 2.16. The van der Waals surface area contributed by atoms with Crippen LogP contribution in [0.25, 0.3) is 0 Å². The van der Waals surface area contributed by atoms with Crippen LogP contribution in [0.1, 0.15) is 6.92 Å². The lowest BCUT2D eigenvalue weighted by Crippen LogP contribution is -2.63. The van der Waals surface area contributed by atoms with Crippen LogP contribution in [0.2, 0.25) is 0 Å². The Balaban J connectivity index is 5.04. The number of nitrogens with one attached hydrogen (secondary N) is 1. The first-order chi connectivity index (χ1) is 7.02.